The van der Waals surface area contributed by atoms with E-state index < -0.39 is 20.4 Å². The normalized spacial score (nSPS) is 18.4. The molecule has 1 unspecified atom stereocenters. The lowest BCUT2D eigenvalue weighted by molar-refractivity contribution is -0.387. The quantitative estimate of drug-likeness (QED) is 0.609. The summed E-state index contributed by atoms with van der Waals surface area (Å²) in [6.07, 6.45) is 3.88. The summed E-state index contributed by atoms with van der Waals surface area (Å²) in [5, 5.41) is 11.0. The van der Waals surface area contributed by atoms with Crippen molar-refractivity contribution in [1.29, 1.82) is 0 Å². The molecule has 1 amide bonds. The highest BCUT2D eigenvalue weighted by Gasteiger charge is 2.26. The van der Waals surface area contributed by atoms with Gasteiger partial charge in [-0.15, -0.1) is 0 Å². The molecule has 1 heterocycles. The Labute approximate surface area is 140 Å². The molecule has 1 aromatic rings. The van der Waals surface area contributed by atoms with Crippen molar-refractivity contribution in [3.63, 3.8) is 0 Å². The zero-order chi connectivity index (χ0) is 17.9. The number of hydrogen-bond acceptors (Lipinski definition) is 6. The molecule has 1 saturated heterocycles. The van der Waals surface area contributed by atoms with E-state index in [0.29, 0.717) is 31.0 Å². The predicted octanol–water partition coefficient (Wildman–Crippen LogP) is 1.48. The Morgan fingerprint density at radius 1 is 1.46 bits per heavy atom. The highest BCUT2D eigenvalue weighted by molar-refractivity contribution is 7.90. The molecule has 1 fully saturated rings. The molecule has 0 aromatic heterocycles. The molecule has 1 aliphatic rings. The van der Waals surface area contributed by atoms with Crippen molar-refractivity contribution < 1.29 is 18.1 Å². The van der Waals surface area contributed by atoms with E-state index in [0.717, 1.165) is 25.6 Å². The summed E-state index contributed by atoms with van der Waals surface area (Å²) in [7, 11) is -3.70. The Hall–Kier alpha value is -2.16. The minimum atomic E-state index is -3.70. The fourth-order valence-corrected chi connectivity index (χ4v) is 3.89. The van der Waals surface area contributed by atoms with Crippen molar-refractivity contribution in [2.24, 2.45) is 11.7 Å². The third-order valence-electron chi connectivity index (χ3n) is 4.22. The lowest BCUT2D eigenvalue weighted by Crippen LogP contribution is -2.35. The summed E-state index contributed by atoms with van der Waals surface area (Å²) in [5.74, 6) is -0.0371. The van der Waals surface area contributed by atoms with Gasteiger partial charge < -0.3 is 10.6 Å². The van der Waals surface area contributed by atoms with Crippen LogP contribution in [0.5, 0.6) is 0 Å². The van der Waals surface area contributed by atoms with Gasteiger partial charge in [-0.25, -0.2) is 8.42 Å². The molecule has 0 saturated carbocycles. The van der Waals surface area contributed by atoms with E-state index >= 15 is 0 Å². The first-order valence-corrected chi connectivity index (χ1v) is 9.59. The van der Waals surface area contributed by atoms with E-state index in [2.05, 4.69) is 0 Å². The van der Waals surface area contributed by atoms with E-state index in [1.54, 1.807) is 6.07 Å². The Morgan fingerprint density at radius 2 is 2.17 bits per heavy atom. The van der Waals surface area contributed by atoms with Crippen LogP contribution in [-0.2, 0) is 14.6 Å². The number of hydrogen-bond donors (Lipinski definition) is 1. The minimum absolute atomic E-state index is 0.274. The molecule has 2 N–H and O–H groups in total. The number of amides is 1. The van der Waals surface area contributed by atoms with Gasteiger partial charge in [-0.2, -0.15) is 0 Å². The maximum atomic E-state index is 11.9. The molecule has 1 atom stereocenters. The van der Waals surface area contributed by atoms with Crippen molar-refractivity contribution in [3.05, 3.63) is 28.3 Å². The van der Waals surface area contributed by atoms with E-state index in [-0.39, 0.29) is 10.8 Å². The largest absolute Gasteiger partial charge is 0.371 e. The first-order chi connectivity index (χ1) is 11.2. The minimum Gasteiger partial charge on any atom is -0.371 e. The molecule has 0 spiro atoms. The smallest absolute Gasteiger partial charge is 0.288 e. The number of carbonyl (C=O) groups is 1. The summed E-state index contributed by atoms with van der Waals surface area (Å²) in [6.45, 7) is 1.42. The molecule has 132 valence electrons. The van der Waals surface area contributed by atoms with Gasteiger partial charge in [-0.3, -0.25) is 14.9 Å². The van der Waals surface area contributed by atoms with E-state index in [1.807, 2.05) is 4.90 Å². The van der Waals surface area contributed by atoms with Crippen LogP contribution >= 0.6 is 0 Å². The molecule has 8 nitrogen and oxygen atoms in total. The Morgan fingerprint density at radius 3 is 2.75 bits per heavy atom. The van der Waals surface area contributed by atoms with Crippen LogP contribution in [0, 0.1) is 16.0 Å². The van der Waals surface area contributed by atoms with Crippen molar-refractivity contribution in [2.45, 2.75) is 30.6 Å². The van der Waals surface area contributed by atoms with Crippen LogP contribution in [0.3, 0.4) is 0 Å². The second kappa shape index (κ2) is 7.16. The molecule has 0 aliphatic carbocycles. The summed E-state index contributed by atoms with van der Waals surface area (Å²) < 4.78 is 23.7. The molecule has 2 rings (SSSR count). The number of nitrogens with zero attached hydrogens (tertiary/aromatic N) is 2. The van der Waals surface area contributed by atoms with Crippen molar-refractivity contribution in [1.82, 2.24) is 0 Å². The van der Waals surface area contributed by atoms with Crippen LogP contribution in [0.15, 0.2) is 23.1 Å². The number of anilines is 1. The highest BCUT2D eigenvalue weighted by Crippen LogP contribution is 2.31. The second-order valence-electron chi connectivity index (χ2n) is 6.14. The Balaban J connectivity index is 2.25. The van der Waals surface area contributed by atoms with Gasteiger partial charge in [0.15, 0.2) is 9.84 Å². The molecule has 24 heavy (non-hydrogen) atoms. The zero-order valence-electron chi connectivity index (χ0n) is 13.5. The standard InChI is InChI=1S/C15H21N3O5S/c1-24(22,23)14-9-12(5-6-13(14)18(20)21)17-8-2-3-11(10-17)4-7-15(16)19/h5-6,9,11H,2-4,7-8,10H2,1H3,(H2,16,19). The maximum Gasteiger partial charge on any atom is 0.288 e. The van der Waals surface area contributed by atoms with Gasteiger partial charge >= 0.3 is 0 Å². The van der Waals surface area contributed by atoms with Gasteiger partial charge in [0.25, 0.3) is 5.69 Å². The molecular formula is C15H21N3O5S. The predicted molar refractivity (Wildman–Crippen MR) is 89.6 cm³/mol. The van der Waals surface area contributed by atoms with Gasteiger partial charge in [0.05, 0.1) is 4.92 Å². The number of primary amides is 1. The van der Waals surface area contributed by atoms with Crippen LogP contribution < -0.4 is 10.6 Å². The molecule has 1 aromatic carbocycles. The van der Waals surface area contributed by atoms with E-state index in [4.69, 9.17) is 5.73 Å². The van der Waals surface area contributed by atoms with Gasteiger partial charge in [-0.1, -0.05) is 0 Å². The zero-order valence-corrected chi connectivity index (χ0v) is 14.3. The van der Waals surface area contributed by atoms with E-state index in [1.165, 1.54) is 12.1 Å². The SMILES string of the molecule is CS(=O)(=O)c1cc(N2CCCC(CCC(N)=O)C2)ccc1[N+](=O)[O-]. The van der Waals surface area contributed by atoms with Crippen LogP contribution in [0.1, 0.15) is 25.7 Å². The number of rotatable bonds is 6. The van der Waals surface area contributed by atoms with Gasteiger partial charge in [-0.05, 0) is 37.3 Å². The van der Waals surface area contributed by atoms with Crippen LogP contribution in [-0.4, -0.2) is 38.6 Å². The summed E-state index contributed by atoms with van der Waals surface area (Å²) in [4.78, 5) is 23.0. The highest BCUT2D eigenvalue weighted by atomic mass is 32.2. The number of nitro groups is 1. The third-order valence-corrected chi connectivity index (χ3v) is 5.35. The summed E-state index contributed by atoms with van der Waals surface area (Å²) >= 11 is 0. The third kappa shape index (κ3) is 4.44. The molecule has 0 bridgehead atoms. The number of carbonyl (C=O) groups excluding carboxylic acids is 1. The second-order valence-corrected chi connectivity index (χ2v) is 8.12. The first-order valence-electron chi connectivity index (χ1n) is 7.70. The van der Waals surface area contributed by atoms with Crippen molar-refractivity contribution in [2.75, 3.05) is 24.2 Å². The summed E-state index contributed by atoms with van der Waals surface area (Å²) in [5.41, 5.74) is 5.41. The first kappa shape index (κ1) is 18.2. The average molecular weight is 355 g/mol. The number of nitrogens with two attached hydrogens (primary N) is 1. The monoisotopic (exact) mass is 355 g/mol. The van der Waals surface area contributed by atoms with Crippen LogP contribution in [0.4, 0.5) is 11.4 Å². The maximum absolute atomic E-state index is 11.9. The lowest BCUT2D eigenvalue weighted by Gasteiger charge is -2.34. The van der Waals surface area contributed by atoms with Crippen LogP contribution in [0.25, 0.3) is 0 Å². The van der Waals surface area contributed by atoms with E-state index in [9.17, 15) is 23.3 Å². The molecule has 0 radical (unpaired) electrons. The topological polar surface area (TPSA) is 124 Å². The van der Waals surface area contributed by atoms with Crippen LogP contribution in [0.2, 0.25) is 0 Å². The lowest BCUT2D eigenvalue weighted by atomic mass is 9.93. The Kier molecular flexibility index (Phi) is 5.43. The fraction of sp³-hybridized carbons (Fsp3) is 0.533. The summed E-state index contributed by atoms with van der Waals surface area (Å²) in [6, 6.07) is 4.17. The van der Waals surface area contributed by atoms with Crippen molar-refractivity contribution >= 4 is 27.1 Å². The van der Waals surface area contributed by atoms with Crippen molar-refractivity contribution in [3.8, 4) is 0 Å². The Bertz CT molecular complexity index is 747. The molecule has 1 aliphatic heterocycles. The average Bonchev–Trinajstić information content (AvgIpc) is 2.51. The fourth-order valence-electron chi connectivity index (χ4n) is 3.03. The number of nitro benzene ring substituents is 1. The number of benzene rings is 1. The van der Waals surface area contributed by atoms with Gasteiger partial charge in [0.1, 0.15) is 4.90 Å². The molecule has 9 heteroatoms. The number of sulfone groups is 1. The van der Waals surface area contributed by atoms with Gasteiger partial charge in [0.2, 0.25) is 5.91 Å². The van der Waals surface area contributed by atoms with Gasteiger partial charge in [0, 0.05) is 37.5 Å². The number of piperidine rings is 1. The molecular weight excluding hydrogens is 334 g/mol.